The summed E-state index contributed by atoms with van der Waals surface area (Å²) in [7, 11) is 0. The van der Waals surface area contributed by atoms with E-state index in [9.17, 15) is 14.9 Å². The van der Waals surface area contributed by atoms with E-state index in [0.717, 1.165) is 16.9 Å². The molecule has 2 aromatic carbocycles. The molecule has 0 unspecified atom stereocenters. The van der Waals surface area contributed by atoms with Crippen molar-refractivity contribution in [2.45, 2.75) is 33.9 Å². The van der Waals surface area contributed by atoms with Gasteiger partial charge in [0.1, 0.15) is 30.3 Å². The first kappa shape index (κ1) is 21.7. The van der Waals surface area contributed by atoms with Crippen LogP contribution in [-0.4, -0.2) is 26.8 Å². The molecule has 0 aliphatic rings. The van der Waals surface area contributed by atoms with Crippen LogP contribution in [0.15, 0.2) is 53.6 Å². The van der Waals surface area contributed by atoms with Crippen LogP contribution in [0.3, 0.4) is 0 Å². The molecule has 0 fully saturated rings. The average molecular weight is 421 g/mol. The van der Waals surface area contributed by atoms with Crippen molar-refractivity contribution in [1.82, 2.24) is 15.2 Å². The Morgan fingerprint density at radius 3 is 2.55 bits per heavy atom. The summed E-state index contributed by atoms with van der Waals surface area (Å²) in [5, 5.41) is 19.0. The van der Waals surface area contributed by atoms with Gasteiger partial charge in [-0.05, 0) is 61.7 Å². The van der Waals surface area contributed by atoms with E-state index in [-0.39, 0.29) is 17.9 Å². The summed E-state index contributed by atoms with van der Waals surface area (Å²) >= 11 is 0. The quantitative estimate of drug-likeness (QED) is 0.340. The highest BCUT2D eigenvalue weighted by Gasteiger charge is 2.22. The lowest BCUT2D eigenvalue weighted by atomic mass is 10.1. The van der Waals surface area contributed by atoms with Crippen LogP contribution in [0.5, 0.6) is 5.75 Å². The van der Waals surface area contributed by atoms with Crippen LogP contribution in [0.25, 0.3) is 0 Å². The number of aromatic nitrogens is 2. The van der Waals surface area contributed by atoms with Crippen molar-refractivity contribution >= 4 is 17.8 Å². The molecule has 1 aromatic heterocycles. The van der Waals surface area contributed by atoms with Crippen molar-refractivity contribution in [3.8, 4) is 5.75 Å². The minimum atomic E-state index is -0.501. The molecule has 3 aromatic rings. The highest BCUT2D eigenvalue weighted by atomic mass is 16.6. The minimum absolute atomic E-state index is 0.0824. The van der Waals surface area contributed by atoms with Crippen molar-refractivity contribution in [2.75, 3.05) is 0 Å². The number of amides is 1. The lowest BCUT2D eigenvalue weighted by Crippen LogP contribution is -2.24. The maximum atomic E-state index is 12.1. The number of hydrogen-bond acceptors (Lipinski definition) is 6. The van der Waals surface area contributed by atoms with Gasteiger partial charge in [-0.1, -0.05) is 24.3 Å². The summed E-state index contributed by atoms with van der Waals surface area (Å²) in [6.07, 6.45) is 1.51. The van der Waals surface area contributed by atoms with Crippen molar-refractivity contribution in [3.05, 3.63) is 86.7 Å². The van der Waals surface area contributed by atoms with Crippen molar-refractivity contribution in [3.63, 3.8) is 0 Å². The third kappa shape index (κ3) is 5.53. The first-order chi connectivity index (χ1) is 14.8. The molecule has 9 nitrogen and oxygen atoms in total. The monoisotopic (exact) mass is 421 g/mol. The molecule has 9 heteroatoms. The number of hydrogen-bond donors (Lipinski definition) is 1. The largest absolute Gasteiger partial charge is 0.489 e. The number of benzene rings is 2. The fourth-order valence-electron chi connectivity index (χ4n) is 3.04. The molecular weight excluding hydrogens is 398 g/mol. The van der Waals surface area contributed by atoms with Gasteiger partial charge in [0.15, 0.2) is 0 Å². The van der Waals surface area contributed by atoms with Gasteiger partial charge in [0, 0.05) is 0 Å². The van der Waals surface area contributed by atoms with Gasteiger partial charge < -0.3 is 4.74 Å². The third-order valence-corrected chi connectivity index (χ3v) is 4.76. The third-order valence-electron chi connectivity index (χ3n) is 4.76. The molecule has 1 amide bonds. The molecule has 0 aliphatic heterocycles. The molecule has 160 valence electrons. The van der Waals surface area contributed by atoms with Gasteiger partial charge >= 0.3 is 5.69 Å². The first-order valence-electron chi connectivity index (χ1n) is 9.63. The Kier molecular flexibility index (Phi) is 6.76. The van der Waals surface area contributed by atoms with Crippen LogP contribution < -0.4 is 10.2 Å². The Balaban J connectivity index is 1.52. The SMILES string of the molecule is Cc1ccccc1COc1ccc(/C=N/NC(=O)Cn2nc(C)c([N+](=O)[O-])c2C)cc1. The van der Waals surface area contributed by atoms with Crippen molar-refractivity contribution < 1.29 is 14.5 Å². The zero-order valence-corrected chi connectivity index (χ0v) is 17.5. The number of rotatable bonds is 8. The van der Waals surface area contributed by atoms with Gasteiger partial charge in [-0.3, -0.25) is 19.6 Å². The molecule has 0 radical (unpaired) electrons. The van der Waals surface area contributed by atoms with Crippen LogP contribution in [-0.2, 0) is 17.9 Å². The van der Waals surface area contributed by atoms with Gasteiger partial charge in [-0.2, -0.15) is 10.2 Å². The number of ether oxygens (including phenoxy) is 1. The van der Waals surface area contributed by atoms with E-state index >= 15 is 0 Å². The summed E-state index contributed by atoms with van der Waals surface area (Å²) in [5.41, 5.74) is 6.00. The van der Waals surface area contributed by atoms with Crippen LogP contribution in [0, 0.1) is 30.9 Å². The Labute approximate surface area is 179 Å². The second-order valence-electron chi connectivity index (χ2n) is 7.01. The number of nitrogens with one attached hydrogen (secondary N) is 1. The van der Waals surface area contributed by atoms with Crippen LogP contribution in [0.1, 0.15) is 28.1 Å². The fraction of sp³-hybridized carbons (Fsp3) is 0.227. The Morgan fingerprint density at radius 1 is 1.19 bits per heavy atom. The molecule has 1 N–H and O–H groups in total. The number of hydrazone groups is 1. The van der Waals surface area contributed by atoms with Crippen molar-refractivity contribution in [2.24, 2.45) is 5.10 Å². The number of carbonyl (C=O) groups is 1. The van der Waals surface area contributed by atoms with Gasteiger partial charge in [-0.15, -0.1) is 0 Å². The average Bonchev–Trinajstić information content (AvgIpc) is 3.01. The highest BCUT2D eigenvalue weighted by Crippen LogP contribution is 2.21. The van der Waals surface area contributed by atoms with Crippen LogP contribution in [0.4, 0.5) is 5.69 Å². The molecule has 31 heavy (non-hydrogen) atoms. The molecular formula is C22H23N5O4. The molecule has 0 bridgehead atoms. The Bertz CT molecular complexity index is 1120. The highest BCUT2D eigenvalue weighted by molar-refractivity contribution is 5.82. The van der Waals surface area contributed by atoms with E-state index in [2.05, 4.69) is 15.6 Å². The maximum absolute atomic E-state index is 12.1. The topological polar surface area (TPSA) is 112 Å². The maximum Gasteiger partial charge on any atom is 0.312 e. The normalized spacial score (nSPS) is 10.9. The second-order valence-corrected chi connectivity index (χ2v) is 7.01. The lowest BCUT2D eigenvalue weighted by molar-refractivity contribution is -0.386. The lowest BCUT2D eigenvalue weighted by Gasteiger charge is -2.08. The molecule has 0 atom stereocenters. The predicted molar refractivity (Wildman–Crippen MR) is 116 cm³/mol. The van der Waals surface area contributed by atoms with Crippen LogP contribution >= 0.6 is 0 Å². The Morgan fingerprint density at radius 2 is 1.90 bits per heavy atom. The van der Waals surface area contributed by atoms with Gasteiger partial charge in [0.05, 0.1) is 11.1 Å². The van der Waals surface area contributed by atoms with Crippen molar-refractivity contribution in [1.29, 1.82) is 0 Å². The smallest absolute Gasteiger partial charge is 0.312 e. The zero-order valence-electron chi connectivity index (χ0n) is 17.5. The second kappa shape index (κ2) is 9.66. The fourth-order valence-corrected chi connectivity index (χ4v) is 3.04. The first-order valence-corrected chi connectivity index (χ1v) is 9.63. The van der Waals surface area contributed by atoms with E-state index < -0.39 is 10.8 Å². The molecule has 0 saturated heterocycles. The Hall–Kier alpha value is -4.01. The summed E-state index contributed by atoms with van der Waals surface area (Å²) < 4.78 is 7.10. The van der Waals surface area contributed by atoms with E-state index in [1.54, 1.807) is 6.92 Å². The van der Waals surface area contributed by atoms with Gasteiger partial charge in [0.2, 0.25) is 0 Å². The summed E-state index contributed by atoms with van der Waals surface area (Å²) in [6.45, 7) is 5.45. The minimum Gasteiger partial charge on any atom is -0.489 e. The number of nitro groups is 1. The van der Waals surface area contributed by atoms with Gasteiger partial charge in [0.25, 0.3) is 5.91 Å². The van der Waals surface area contributed by atoms with E-state index in [1.807, 2.05) is 55.5 Å². The number of aryl methyl sites for hydroxylation is 2. The van der Waals surface area contributed by atoms with Crippen LogP contribution in [0.2, 0.25) is 0 Å². The van der Waals surface area contributed by atoms with E-state index in [4.69, 9.17) is 4.74 Å². The standard InChI is InChI=1S/C22H23N5O4/c1-15-6-4-5-7-19(15)14-31-20-10-8-18(9-11-20)12-23-24-21(28)13-26-17(3)22(27(29)30)16(2)25-26/h4-12H,13-14H2,1-3H3,(H,24,28)/b23-12+. The van der Waals surface area contributed by atoms with Gasteiger partial charge in [-0.25, -0.2) is 5.43 Å². The summed E-state index contributed by atoms with van der Waals surface area (Å²) in [5.74, 6) is 0.297. The molecule has 3 rings (SSSR count). The molecule has 1 heterocycles. The summed E-state index contributed by atoms with van der Waals surface area (Å²) in [6, 6.07) is 15.4. The van der Waals surface area contributed by atoms with E-state index in [0.29, 0.717) is 12.3 Å². The number of carbonyl (C=O) groups excluding carboxylic acids is 1. The molecule has 0 saturated carbocycles. The molecule has 0 spiro atoms. The van der Waals surface area contributed by atoms with E-state index in [1.165, 1.54) is 23.4 Å². The number of nitrogens with zero attached hydrogens (tertiary/aromatic N) is 4. The summed E-state index contributed by atoms with van der Waals surface area (Å²) in [4.78, 5) is 22.6. The zero-order chi connectivity index (χ0) is 22.4. The molecule has 0 aliphatic carbocycles. The predicted octanol–water partition coefficient (Wildman–Crippen LogP) is 3.45.